The number of imidazole rings is 1. The van der Waals surface area contributed by atoms with E-state index in [1.165, 1.54) is 19.2 Å². The number of methoxy groups -OCH3 is 1. The van der Waals surface area contributed by atoms with Gasteiger partial charge in [0.1, 0.15) is 5.52 Å². The van der Waals surface area contributed by atoms with Crippen LogP contribution in [0.5, 0.6) is 0 Å². The maximum Gasteiger partial charge on any atom is 0.416 e. The van der Waals surface area contributed by atoms with Crippen molar-refractivity contribution in [2.45, 2.75) is 50.9 Å². The van der Waals surface area contributed by atoms with Crippen LogP contribution in [0.25, 0.3) is 11.2 Å². The Hall–Kier alpha value is -2.88. The van der Waals surface area contributed by atoms with Crippen molar-refractivity contribution < 1.29 is 22.7 Å². The van der Waals surface area contributed by atoms with Gasteiger partial charge in [-0.1, -0.05) is 18.6 Å². The monoisotopic (exact) mass is 481 g/mol. The highest BCUT2D eigenvalue weighted by Gasteiger charge is 2.30. The third kappa shape index (κ3) is 5.38. The van der Waals surface area contributed by atoms with Crippen molar-refractivity contribution in [3.05, 3.63) is 47.0 Å². The SMILES string of the molecule is COC(=O)CCC(Nc1nc(Cl)nc2ncn(Cc3ccc(C(F)(F)F)cc3)c12)C1CCC1. The minimum atomic E-state index is -4.39. The molecule has 1 aliphatic carbocycles. The number of aromatic nitrogens is 4. The molecule has 1 unspecified atom stereocenters. The Labute approximate surface area is 193 Å². The van der Waals surface area contributed by atoms with Crippen molar-refractivity contribution in [3.63, 3.8) is 0 Å². The van der Waals surface area contributed by atoms with E-state index in [2.05, 4.69) is 20.3 Å². The fourth-order valence-electron chi connectivity index (χ4n) is 3.99. The van der Waals surface area contributed by atoms with E-state index in [0.717, 1.165) is 31.4 Å². The van der Waals surface area contributed by atoms with Crippen molar-refractivity contribution >= 4 is 34.6 Å². The number of nitrogens with zero attached hydrogens (tertiary/aromatic N) is 4. The van der Waals surface area contributed by atoms with E-state index in [9.17, 15) is 18.0 Å². The third-order valence-electron chi connectivity index (χ3n) is 6.01. The van der Waals surface area contributed by atoms with Gasteiger partial charge < -0.3 is 14.6 Å². The van der Waals surface area contributed by atoms with Gasteiger partial charge in [-0.3, -0.25) is 4.79 Å². The van der Waals surface area contributed by atoms with E-state index in [1.807, 2.05) is 0 Å². The molecule has 176 valence electrons. The van der Waals surface area contributed by atoms with Crippen LogP contribution in [0.4, 0.5) is 19.0 Å². The van der Waals surface area contributed by atoms with Crippen LogP contribution >= 0.6 is 11.6 Å². The Kier molecular flexibility index (Phi) is 6.73. The van der Waals surface area contributed by atoms with E-state index < -0.39 is 11.7 Å². The number of hydrogen-bond donors (Lipinski definition) is 1. The molecular formula is C22H23ClF3N5O2. The van der Waals surface area contributed by atoms with Gasteiger partial charge in [0.15, 0.2) is 11.5 Å². The summed E-state index contributed by atoms with van der Waals surface area (Å²) >= 11 is 6.12. The number of fused-ring (bicyclic) bond motifs is 1. The summed E-state index contributed by atoms with van der Waals surface area (Å²) in [6.45, 7) is 0.282. The van der Waals surface area contributed by atoms with Crippen molar-refractivity contribution in [2.24, 2.45) is 5.92 Å². The molecule has 1 aliphatic rings. The fraction of sp³-hybridized carbons (Fsp3) is 0.455. The summed E-state index contributed by atoms with van der Waals surface area (Å²) in [6, 6.07) is 4.97. The number of benzene rings is 1. The number of nitrogens with one attached hydrogen (secondary N) is 1. The van der Waals surface area contributed by atoms with E-state index in [4.69, 9.17) is 16.3 Å². The first-order valence-corrected chi connectivity index (χ1v) is 11.0. The Morgan fingerprint density at radius 2 is 2.00 bits per heavy atom. The van der Waals surface area contributed by atoms with Gasteiger partial charge in [0.2, 0.25) is 5.28 Å². The first-order valence-electron chi connectivity index (χ1n) is 10.6. The highest BCUT2D eigenvalue weighted by atomic mass is 35.5. The van der Waals surface area contributed by atoms with Crippen LogP contribution in [0.2, 0.25) is 5.28 Å². The second-order valence-electron chi connectivity index (χ2n) is 8.14. The van der Waals surface area contributed by atoms with E-state index >= 15 is 0 Å². The molecule has 0 aliphatic heterocycles. The van der Waals surface area contributed by atoms with Gasteiger partial charge in [0.05, 0.1) is 19.0 Å². The number of hydrogen-bond acceptors (Lipinski definition) is 6. The largest absolute Gasteiger partial charge is 0.469 e. The Morgan fingerprint density at radius 3 is 2.61 bits per heavy atom. The van der Waals surface area contributed by atoms with Crippen LogP contribution in [0, 0.1) is 5.92 Å². The van der Waals surface area contributed by atoms with E-state index in [1.54, 1.807) is 10.9 Å². The van der Waals surface area contributed by atoms with Crippen LogP contribution in [-0.4, -0.2) is 38.6 Å². The fourth-order valence-corrected chi connectivity index (χ4v) is 4.15. The first kappa shape index (κ1) is 23.3. The molecule has 1 N–H and O–H groups in total. The molecular weight excluding hydrogens is 459 g/mol. The zero-order valence-corrected chi connectivity index (χ0v) is 18.7. The summed E-state index contributed by atoms with van der Waals surface area (Å²) in [5, 5.41) is 3.47. The molecule has 33 heavy (non-hydrogen) atoms. The Morgan fingerprint density at radius 1 is 1.27 bits per heavy atom. The van der Waals surface area contributed by atoms with Crippen molar-refractivity contribution in [3.8, 4) is 0 Å². The lowest BCUT2D eigenvalue weighted by molar-refractivity contribution is -0.141. The number of carbonyl (C=O) groups excluding carboxylic acids is 1. The number of alkyl halides is 3. The van der Waals surface area contributed by atoms with E-state index in [0.29, 0.717) is 34.9 Å². The molecule has 0 bridgehead atoms. The average Bonchev–Trinajstić information content (AvgIpc) is 3.12. The topological polar surface area (TPSA) is 81.9 Å². The van der Waals surface area contributed by atoms with Crippen LogP contribution in [0.1, 0.15) is 43.2 Å². The average molecular weight is 482 g/mol. The highest BCUT2D eigenvalue weighted by Crippen LogP contribution is 2.35. The molecule has 1 atom stereocenters. The van der Waals surface area contributed by atoms with Gasteiger partial charge >= 0.3 is 12.1 Å². The molecule has 0 saturated heterocycles. The lowest BCUT2D eigenvalue weighted by Crippen LogP contribution is -2.34. The van der Waals surface area contributed by atoms with Crippen LogP contribution < -0.4 is 5.32 Å². The standard InChI is InChI=1S/C22H23ClF3N5O2/c1-33-17(32)10-9-16(14-3-2-4-14)28-20-18-19(29-21(23)30-20)27-12-31(18)11-13-5-7-15(8-6-13)22(24,25)26/h5-8,12,14,16H,2-4,9-11H2,1H3,(H,28,29,30). The highest BCUT2D eigenvalue weighted by molar-refractivity contribution is 6.28. The third-order valence-corrected chi connectivity index (χ3v) is 6.18. The normalized spacial score (nSPS) is 15.3. The number of esters is 1. The van der Waals surface area contributed by atoms with Crippen LogP contribution in [0.15, 0.2) is 30.6 Å². The zero-order chi connectivity index (χ0) is 23.6. The lowest BCUT2D eigenvalue weighted by atomic mass is 9.78. The summed E-state index contributed by atoms with van der Waals surface area (Å²) in [6.07, 6.45) is 1.25. The first-order chi connectivity index (χ1) is 15.7. The Balaban J connectivity index is 1.61. The molecule has 2 aromatic heterocycles. The predicted octanol–water partition coefficient (Wildman–Crippen LogP) is 5.08. The number of halogens is 4. The van der Waals surface area contributed by atoms with Crippen molar-refractivity contribution in [1.82, 2.24) is 19.5 Å². The molecule has 3 aromatic rings. The molecule has 2 heterocycles. The molecule has 11 heteroatoms. The predicted molar refractivity (Wildman–Crippen MR) is 117 cm³/mol. The Bertz CT molecular complexity index is 1130. The molecule has 0 amide bonds. The minimum Gasteiger partial charge on any atom is -0.469 e. The number of carbonyl (C=O) groups is 1. The van der Waals surface area contributed by atoms with Crippen LogP contribution in [0.3, 0.4) is 0 Å². The van der Waals surface area contributed by atoms with Gasteiger partial charge in [-0.15, -0.1) is 0 Å². The molecule has 0 spiro atoms. The maximum absolute atomic E-state index is 12.9. The lowest BCUT2D eigenvalue weighted by Gasteiger charge is -2.34. The van der Waals surface area contributed by atoms with E-state index in [-0.39, 0.29) is 30.3 Å². The van der Waals surface area contributed by atoms with Crippen molar-refractivity contribution in [2.75, 3.05) is 12.4 Å². The molecule has 1 fully saturated rings. The quantitative estimate of drug-likeness (QED) is 0.357. The number of rotatable bonds is 8. The summed E-state index contributed by atoms with van der Waals surface area (Å²) in [4.78, 5) is 24.5. The molecule has 7 nitrogen and oxygen atoms in total. The second-order valence-corrected chi connectivity index (χ2v) is 8.48. The smallest absolute Gasteiger partial charge is 0.416 e. The van der Waals surface area contributed by atoms with Gasteiger partial charge in [0, 0.05) is 19.0 Å². The van der Waals surface area contributed by atoms with Crippen LogP contribution in [-0.2, 0) is 22.3 Å². The van der Waals surface area contributed by atoms with Crippen molar-refractivity contribution in [1.29, 1.82) is 0 Å². The zero-order valence-electron chi connectivity index (χ0n) is 17.9. The van der Waals surface area contributed by atoms with Gasteiger partial charge in [0.25, 0.3) is 0 Å². The molecule has 0 radical (unpaired) electrons. The molecule has 4 rings (SSSR count). The summed E-state index contributed by atoms with van der Waals surface area (Å²) < 4.78 is 45.2. The van der Waals surface area contributed by atoms with Gasteiger partial charge in [-0.25, -0.2) is 4.98 Å². The van der Waals surface area contributed by atoms with Gasteiger partial charge in [-0.05, 0) is 54.5 Å². The van der Waals surface area contributed by atoms with Gasteiger partial charge in [-0.2, -0.15) is 23.1 Å². The number of anilines is 1. The number of ether oxygens (including phenoxy) is 1. The molecule has 1 aromatic carbocycles. The summed E-state index contributed by atoms with van der Waals surface area (Å²) in [7, 11) is 1.36. The summed E-state index contributed by atoms with van der Waals surface area (Å²) in [5.74, 6) is 0.597. The second kappa shape index (κ2) is 9.54. The minimum absolute atomic E-state index is 0.0126. The maximum atomic E-state index is 12.9. The molecule has 1 saturated carbocycles. The summed E-state index contributed by atoms with van der Waals surface area (Å²) in [5.41, 5.74) is 0.948.